The van der Waals surface area contributed by atoms with Crippen LogP contribution in [-0.4, -0.2) is 25.9 Å². The standard InChI is InChI=1S/C17H18N2O3S/c1-10(2)15(21)8-13-7-14-16(23-13)17(22)19(9-18-14)11-3-5-12(20)6-4-11/h3-7,9-10,15,20-21H,8H2,1-2H3. The van der Waals surface area contributed by atoms with Gasteiger partial charge in [0.05, 0.1) is 17.3 Å². The Hall–Kier alpha value is -2.18. The van der Waals surface area contributed by atoms with E-state index in [1.54, 1.807) is 12.1 Å². The minimum Gasteiger partial charge on any atom is -0.508 e. The summed E-state index contributed by atoms with van der Waals surface area (Å²) in [5.41, 5.74) is 1.16. The lowest BCUT2D eigenvalue weighted by Gasteiger charge is -2.12. The molecule has 0 bridgehead atoms. The molecule has 2 heterocycles. The van der Waals surface area contributed by atoms with Gasteiger partial charge < -0.3 is 10.2 Å². The van der Waals surface area contributed by atoms with E-state index in [1.807, 2.05) is 19.9 Å². The summed E-state index contributed by atoms with van der Waals surface area (Å²) >= 11 is 1.38. The lowest BCUT2D eigenvalue weighted by Crippen LogP contribution is -2.17. The average Bonchev–Trinajstić information content (AvgIpc) is 2.92. The minimum atomic E-state index is -0.428. The second-order valence-corrected chi connectivity index (χ2v) is 7.02. The predicted molar refractivity (Wildman–Crippen MR) is 91.4 cm³/mol. The van der Waals surface area contributed by atoms with E-state index in [2.05, 4.69) is 4.98 Å². The van der Waals surface area contributed by atoms with Crippen LogP contribution in [0.5, 0.6) is 5.75 Å². The lowest BCUT2D eigenvalue weighted by atomic mass is 10.0. The molecule has 0 radical (unpaired) electrons. The van der Waals surface area contributed by atoms with E-state index in [0.29, 0.717) is 22.3 Å². The molecule has 0 fully saturated rings. The zero-order chi connectivity index (χ0) is 16.6. The molecule has 1 unspecified atom stereocenters. The molecule has 2 N–H and O–H groups in total. The van der Waals surface area contributed by atoms with Crippen LogP contribution >= 0.6 is 11.3 Å². The molecule has 3 rings (SSSR count). The average molecular weight is 330 g/mol. The van der Waals surface area contributed by atoms with Crippen LogP contribution in [0.2, 0.25) is 0 Å². The number of phenolic OH excluding ortho intramolecular Hbond substituents is 1. The molecule has 120 valence electrons. The first kappa shape index (κ1) is 15.7. The van der Waals surface area contributed by atoms with Crippen molar-refractivity contribution in [3.63, 3.8) is 0 Å². The van der Waals surface area contributed by atoms with Crippen molar-refractivity contribution >= 4 is 21.6 Å². The summed E-state index contributed by atoms with van der Waals surface area (Å²) in [7, 11) is 0. The number of thiophene rings is 1. The van der Waals surface area contributed by atoms with E-state index in [-0.39, 0.29) is 17.2 Å². The fourth-order valence-corrected chi connectivity index (χ4v) is 3.39. The number of rotatable bonds is 4. The monoisotopic (exact) mass is 330 g/mol. The van der Waals surface area contributed by atoms with Crippen LogP contribution in [0.15, 0.2) is 41.5 Å². The summed E-state index contributed by atoms with van der Waals surface area (Å²) in [6.07, 6.45) is 1.59. The van der Waals surface area contributed by atoms with Crippen molar-refractivity contribution < 1.29 is 10.2 Å². The maximum atomic E-state index is 12.7. The molecule has 0 spiro atoms. The maximum Gasteiger partial charge on any atom is 0.275 e. The van der Waals surface area contributed by atoms with Crippen LogP contribution in [0.4, 0.5) is 0 Å². The van der Waals surface area contributed by atoms with Crippen LogP contribution in [0.1, 0.15) is 18.7 Å². The summed E-state index contributed by atoms with van der Waals surface area (Å²) in [6.45, 7) is 3.93. The van der Waals surface area contributed by atoms with Crippen LogP contribution in [0, 0.1) is 5.92 Å². The molecule has 23 heavy (non-hydrogen) atoms. The van der Waals surface area contributed by atoms with Gasteiger partial charge in [0.1, 0.15) is 16.8 Å². The normalized spacial score (nSPS) is 12.9. The van der Waals surface area contributed by atoms with Gasteiger partial charge in [0.25, 0.3) is 5.56 Å². The third-order valence-corrected chi connectivity index (χ3v) is 4.93. The van der Waals surface area contributed by atoms with E-state index < -0.39 is 6.10 Å². The van der Waals surface area contributed by atoms with Crippen molar-refractivity contribution in [1.29, 1.82) is 0 Å². The van der Waals surface area contributed by atoms with Gasteiger partial charge >= 0.3 is 0 Å². The molecule has 3 aromatic rings. The molecule has 5 nitrogen and oxygen atoms in total. The topological polar surface area (TPSA) is 75.3 Å². The number of hydrogen-bond acceptors (Lipinski definition) is 5. The van der Waals surface area contributed by atoms with Crippen molar-refractivity contribution in [2.75, 3.05) is 0 Å². The molecule has 0 saturated heterocycles. The van der Waals surface area contributed by atoms with Gasteiger partial charge in [0, 0.05) is 11.3 Å². The molecule has 0 aliphatic heterocycles. The summed E-state index contributed by atoms with van der Waals surface area (Å²) < 4.78 is 2.03. The van der Waals surface area contributed by atoms with Crippen LogP contribution in [-0.2, 0) is 6.42 Å². The minimum absolute atomic E-state index is 0.143. The molecule has 0 amide bonds. The fourth-order valence-electron chi connectivity index (χ4n) is 2.30. The second kappa shape index (κ2) is 6.14. The molecule has 1 aromatic carbocycles. The number of aromatic hydroxyl groups is 1. The largest absolute Gasteiger partial charge is 0.508 e. The van der Waals surface area contributed by atoms with E-state index in [4.69, 9.17) is 0 Å². The lowest BCUT2D eigenvalue weighted by molar-refractivity contribution is 0.126. The van der Waals surface area contributed by atoms with Crippen LogP contribution in [0.3, 0.4) is 0 Å². The van der Waals surface area contributed by atoms with E-state index >= 15 is 0 Å². The molecule has 0 saturated carbocycles. The number of fused-ring (bicyclic) bond motifs is 1. The van der Waals surface area contributed by atoms with Gasteiger partial charge in [-0.1, -0.05) is 13.8 Å². The smallest absolute Gasteiger partial charge is 0.275 e. The summed E-state index contributed by atoms with van der Waals surface area (Å²) in [6, 6.07) is 8.27. The predicted octanol–water partition coefficient (Wildman–Crippen LogP) is 2.71. The Bertz CT molecular complexity index is 881. The zero-order valence-corrected chi connectivity index (χ0v) is 13.7. The van der Waals surface area contributed by atoms with Gasteiger partial charge in [0.2, 0.25) is 0 Å². The zero-order valence-electron chi connectivity index (χ0n) is 12.9. The highest BCUT2D eigenvalue weighted by Crippen LogP contribution is 2.24. The van der Waals surface area contributed by atoms with Crippen LogP contribution in [0.25, 0.3) is 15.9 Å². The molecule has 1 atom stereocenters. The van der Waals surface area contributed by atoms with Gasteiger partial charge in [-0.05, 0) is 36.2 Å². The molecule has 2 aromatic heterocycles. The van der Waals surface area contributed by atoms with Crippen molar-refractivity contribution in [1.82, 2.24) is 9.55 Å². The van der Waals surface area contributed by atoms with Gasteiger partial charge in [-0.25, -0.2) is 4.98 Å². The van der Waals surface area contributed by atoms with Gasteiger partial charge in [-0.15, -0.1) is 11.3 Å². The van der Waals surface area contributed by atoms with Gasteiger partial charge in [-0.3, -0.25) is 9.36 Å². The summed E-state index contributed by atoms with van der Waals surface area (Å²) in [4.78, 5) is 18.0. The summed E-state index contributed by atoms with van der Waals surface area (Å²) in [5, 5.41) is 19.4. The number of benzene rings is 1. The molecular weight excluding hydrogens is 312 g/mol. The van der Waals surface area contributed by atoms with Crippen molar-refractivity contribution in [3.8, 4) is 11.4 Å². The van der Waals surface area contributed by atoms with Crippen molar-refractivity contribution in [2.45, 2.75) is 26.4 Å². The first-order chi connectivity index (χ1) is 11.0. The summed E-state index contributed by atoms with van der Waals surface area (Å²) in [5.74, 6) is 0.318. The van der Waals surface area contributed by atoms with Crippen LogP contribution < -0.4 is 5.56 Å². The Morgan fingerprint density at radius 2 is 1.96 bits per heavy atom. The number of aliphatic hydroxyl groups excluding tert-OH is 1. The first-order valence-corrected chi connectivity index (χ1v) is 8.25. The Morgan fingerprint density at radius 1 is 1.26 bits per heavy atom. The third-order valence-electron chi connectivity index (χ3n) is 3.80. The Labute approximate surface area is 137 Å². The SMILES string of the molecule is CC(C)C(O)Cc1cc2ncn(-c3ccc(O)cc3)c(=O)c2s1. The third kappa shape index (κ3) is 3.13. The number of phenols is 1. The number of aliphatic hydroxyl groups is 1. The Balaban J connectivity index is 2.02. The Morgan fingerprint density at radius 3 is 2.61 bits per heavy atom. The number of aromatic nitrogens is 2. The molecule has 0 aliphatic rings. The first-order valence-electron chi connectivity index (χ1n) is 7.43. The highest BCUT2D eigenvalue weighted by atomic mass is 32.1. The maximum absolute atomic E-state index is 12.7. The highest BCUT2D eigenvalue weighted by Gasteiger charge is 2.15. The molecular formula is C17H18N2O3S. The number of hydrogen-bond donors (Lipinski definition) is 2. The van der Waals surface area contributed by atoms with E-state index in [1.165, 1.54) is 34.4 Å². The van der Waals surface area contributed by atoms with Gasteiger partial charge in [-0.2, -0.15) is 0 Å². The van der Waals surface area contributed by atoms with E-state index in [0.717, 1.165) is 4.88 Å². The van der Waals surface area contributed by atoms with Crippen molar-refractivity contribution in [2.24, 2.45) is 5.92 Å². The molecule has 6 heteroatoms. The molecule has 0 aliphatic carbocycles. The second-order valence-electron chi connectivity index (χ2n) is 5.88. The fraction of sp³-hybridized carbons (Fsp3) is 0.294. The Kier molecular flexibility index (Phi) is 4.19. The quantitative estimate of drug-likeness (QED) is 0.771. The van der Waals surface area contributed by atoms with E-state index in [9.17, 15) is 15.0 Å². The number of nitrogens with zero attached hydrogens (tertiary/aromatic N) is 2. The van der Waals surface area contributed by atoms with Gasteiger partial charge in [0.15, 0.2) is 0 Å². The van der Waals surface area contributed by atoms with Crippen molar-refractivity contribution in [3.05, 3.63) is 51.9 Å². The highest BCUT2D eigenvalue weighted by molar-refractivity contribution is 7.18.